The molecule has 78 valence electrons. The van der Waals surface area contributed by atoms with Crippen molar-refractivity contribution in [3.05, 3.63) is 0 Å². The predicted molar refractivity (Wildman–Crippen MR) is 55.5 cm³/mol. The molecule has 0 aromatic rings. The first-order chi connectivity index (χ1) is 6.33. The molecule has 1 aliphatic carbocycles. The molecule has 0 aromatic carbocycles. The van der Waals surface area contributed by atoms with Crippen LogP contribution in [-0.2, 0) is 0 Å². The molecular formula is C11H23NO. The second-order valence-corrected chi connectivity index (χ2v) is 4.39. The highest BCUT2D eigenvalue weighted by atomic mass is 16.3. The van der Waals surface area contributed by atoms with Gasteiger partial charge in [-0.2, -0.15) is 0 Å². The van der Waals surface area contributed by atoms with E-state index in [1.54, 1.807) is 0 Å². The van der Waals surface area contributed by atoms with E-state index in [9.17, 15) is 0 Å². The molecule has 0 saturated heterocycles. The summed E-state index contributed by atoms with van der Waals surface area (Å²) in [6.45, 7) is 0.149. The van der Waals surface area contributed by atoms with Crippen LogP contribution >= 0.6 is 0 Å². The lowest BCUT2D eigenvalue weighted by Gasteiger charge is -2.21. The van der Waals surface area contributed by atoms with Gasteiger partial charge >= 0.3 is 0 Å². The second kappa shape index (κ2) is 6.39. The summed E-state index contributed by atoms with van der Waals surface area (Å²) in [6.07, 6.45) is 10.6. The molecule has 0 amide bonds. The van der Waals surface area contributed by atoms with E-state index in [1.807, 2.05) is 0 Å². The van der Waals surface area contributed by atoms with Crippen LogP contribution in [-0.4, -0.2) is 17.8 Å². The number of aliphatic hydroxyl groups is 1. The Labute approximate surface area is 81.5 Å². The first kappa shape index (κ1) is 11.0. The van der Waals surface area contributed by atoms with Crippen LogP contribution in [0.3, 0.4) is 0 Å². The number of hydrogen-bond donors (Lipinski definition) is 2. The van der Waals surface area contributed by atoms with Gasteiger partial charge in [-0.25, -0.2) is 0 Å². The first-order valence-electron chi connectivity index (χ1n) is 5.69. The third-order valence-electron chi connectivity index (χ3n) is 3.10. The molecule has 2 heteroatoms. The van der Waals surface area contributed by atoms with E-state index >= 15 is 0 Å². The average molecular weight is 185 g/mol. The Morgan fingerprint density at radius 1 is 1.08 bits per heavy atom. The molecule has 0 aliphatic heterocycles. The monoisotopic (exact) mass is 185 g/mol. The fourth-order valence-electron chi connectivity index (χ4n) is 2.28. The highest BCUT2D eigenvalue weighted by Gasteiger charge is 2.14. The number of nitrogens with two attached hydrogens (primary N) is 1. The van der Waals surface area contributed by atoms with Gasteiger partial charge < -0.3 is 10.8 Å². The van der Waals surface area contributed by atoms with Crippen molar-refractivity contribution in [3.63, 3.8) is 0 Å². The van der Waals surface area contributed by atoms with Crippen molar-refractivity contribution in [2.45, 2.75) is 57.4 Å². The van der Waals surface area contributed by atoms with Crippen LogP contribution in [0, 0.1) is 5.92 Å². The topological polar surface area (TPSA) is 46.2 Å². The van der Waals surface area contributed by atoms with Gasteiger partial charge in [-0.05, 0) is 12.3 Å². The Morgan fingerprint density at radius 2 is 1.62 bits per heavy atom. The second-order valence-electron chi connectivity index (χ2n) is 4.39. The molecule has 13 heavy (non-hydrogen) atoms. The van der Waals surface area contributed by atoms with E-state index in [4.69, 9.17) is 10.8 Å². The average Bonchev–Trinajstić information content (AvgIpc) is 2.09. The Hall–Kier alpha value is -0.0800. The molecule has 0 radical (unpaired) electrons. The molecular weight excluding hydrogens is 162 g/mol. The molecule has 1 unspecified atom stereocenters. The van der Waals surface area contributed by atoms with E-state index in [2.05, 4.69) is 0 Å². The zero-order valence-electron chi connectivity index (χ0n) is 8.54. The first-order valence-corrected chi connectivity index (χ1v) is 5.69. The Morgan fingerprint density at radius 3 is 2.15 bits per heavy atom. The Bertz CT molecular complexity index is 119. The van der Waals surface area contributed by atoms with Crippen LogP contribution < -0.4 is 5.73 Å². The van der Waals surface area contributed by atoms with Crippen LogP contribution in [0.2, 0.25) is 0 Å². The molecule has 1 saturated carbocycles. The van der Waals surface area contributed by atoms with Gasteiger partial charge in [-0.3, -0.25) is 0 Å². The minimum absolute atomic E-state index is 0.0180. The maximum absolute atomic E-state index is 8.87. The molecule has 1 fully saturated rings. The highest BCUT2D eigenvalue weighted by molar-refractivity contribution is 4.69. The summed E-state index contributed by atoms with van der Waals surface area (Å²) in [5, 5.41) is 8.87. The van der Waals surface area contributed by atoms with Gasteiger partial charge in [-0.1, -0.05) is 44.9 Å². The summed E-state index contributed by atoms with van der Waals surface area (Å²) in [5.41, 5.74) is 5.74. The third-order valence-corrected chi connectivity index (χ3v) is 3.10. The molecule has 1 atom stereocenters. The van der Waals surface area contributed by atoms with Crippen LogP contribution in [0.25, 0.3) is 0 Å². The van der Waals surface area contributed by atoms with Crippen molar-refractivity contribution >= 4 is 0 Å². The van der Waals surface area contributed by atoms with Gasteiger partial charge in [-0.15, -0.1) is 0 Å². The number of hydrogen-bond acceptors (Lipinski definition) is 2. The Kier molecular flexibility index (Phi) is 5.40. The van der Waals surface area contributed by atoms with Gasteiger partial charge in [0.2, 0.25) is 0 Å². The van der Waals surface area contributed by atoms with Crippen molar-refractivity contribution in [3.8, 4) is 0 Å². The molecule has 0 bridgehead atoms. The van der Waals surface area contributed by atoms with Gasteiger partial charge in [0.05, 0.1) is 6.61 Å². The number of aliphatic hydroxyl groups excluding tert-OH is 1. The fraction of sp³-hybridized carbons (Fsp3) is 1.00. The lowest BCUT2D eigenvalue weighted by Crippen LogP contribution is -2.27. The van der Waals surface area contributed by atoms with Crippen LogP contribution in [0.5, 0.6) is 0 Å². The zero-order valence-corrected chi connectivity index (χ0v) is 8.54. The summed E-state index contributed by atoms with van der Waals surface area (Å²) in [7, 11) is 0. The van der Waals surface area contributed by atoms with Crippen molar-refractivity contribution in [1.29, 1.82) is 0 Å². The maximum Gasteiger partial charge on any atom is 0.0582 e. The highest BCUT2D eigenvalue weighted by Crippen LogP contribution is 2.25. The third kappa shape index (κ3) is 4.63. The summed E-state index contributed by atoms with van der Waals surface area (Å²) in [5.74, 6) is 0.780. The molecule has 3 N–H and O–H groups in total. The van der Waals surface area contributed by atoms with E-state index in [0.717, 1.165) is 12.3 Å². The van der Waals surface area contributed by atoms with Gasteiger partial charge in [0.25, 0.3) is 0 Å². The molecule has 0 heterocycles. The Balaban J connectivity index is 2.21. The summed E-state index contributed by atoms with van der Waals surface area (Å²) in [6, 6.07) is 0.0180. The molecule has 2 nitrogen and oxygen atoms in total. The largest absolute Gasteiger partial charge is 0.395 e. The molecule has 0 spiro atoms. The van der Waals surface area contributed by atoms with Crippen molar-refractivity contribution in [1.82, 2.24) is 0 Å². The zero-order chi connectivity index (χ0) is 9.52. The quantitative estimate of drug-likeness (QED) is 0.707. The van der Waals surface area contributed by atoms with Gasteiger partial charge in [0.1, 0.15) is 0 Å². The normalized spacial score (nSPS) is 23.5. The maximum atomic E-state index is 8.87. The van der Waals surface area contributed by atoms with E-state index in [1.165, 1.54) is 44.9 Å². The van der Waals surface area contributed by atoms with Crippen molar-refractivity contribution in [2.24, 2.45) is 11.7 Å². The summed E-state index contributed by atoms with van der Waals surface area (Å²) >= 11 is 0. The van der Waals surface area contributed by atoms with E-state index < -0.39 is 0 Å². The SMILES string of the molecule is NC(CO)CC1CCCCCCC1. The van der Waals surface area contributed by atoms with Crippen molar-refractivity contribution < 1.29 is 5.11 Å². The lowest BCUT2D eigenvalue weighted by atomic mass is 9.87. The lowest BCUT2D eigenvalue weighted by molar-refractivity contribution is 0.232. The van der Waals surface area contributed by atoms with E-state index in [-0.39, 0.29) is 12.6 Å². The van der Waals surface area contributed by atoms with Crippen molar-refractivity contribution in [2.75, 3.05) is 6.61 Å². The fourth-order valence-corrected chi connectivity index (χ4v) is 2.28. The number of rotatable bonds is 3. The molecule has 1 aliphatic rings. The van der Waals surface area contributed by atoms with Crippen LogP contribution in [0.4, 0.5) is 0 Å². The predicted octanol–water partition coefficient (Wildman–Crippen LogP) is 2.06. The molecule has 0 aromatic heterocycles. The van der Waals surface area contributed by atoms with E-state index in [0.29, 0.717) is 0 Å². The minimum atomic E-state index is 0.0180. The van der Waals surface area contributed by atoms with Gasteiger partial charge in [0.15, 0.2) is 0 Å². The standard InChI is InChI=1S/C11H23NO/c12-11(9-13)8-10-6-4-2-1-3-5-7-10/h10-11,13H,1-9,12H2. The minimum Gasteiger partial charge on any atom is -0.395 e. The molecule has 1 rings (SSSR count). The van der Waals surface area contributed by atoms with Crippen LogP contribution in [0.15, 0.2) is 0 Å². The summed E-state index contributed by atoms with van der Waals surface area (Å²) in [4.78, 5) is 0. The van der Waals surface area contributed by atoms with Gasteiger partial charge in [0, 0.05) is 6.04 Å². The smallest absolute Gasteiger partial charge is 0.0582 e. The van der Waals surface area contributed by atoms with Crippen LogP contribution in [0.1, 0.15) is 51.4 Å². The summed E-state index contributed by atoms with van der Waals surface area (Å²) < 4.78 is 0.